The summed E-state index contributed by atoms with van der Waals surface area (Å²) < 4.78 is 12.9. The summed E-state index contributed by atoms with van der Waals surface area (Å²) >= 11 is 0. The van der Waals surface area contributed by atoms with E-state index in [1.165, 1.54) is 17.0 Å². The fraction of sp³-hybridized carbons (Fsp3) is 0.176. The molecule has 106 valence electrons. The van der Waals surface area contributed by atoms with Crippen LogP contribution in [0.4, 0.5) is 4.39 Å². The van der Waals surface area contributed by atoms with Gasteiger partial charge in [0, 0.05) is 6.42 Å². The number of hydrogen-bond acceptors (Lipinski definition) is 2. The molecule has 0 saturated carbocycles. The predicted molar refractivity (Wildman–Crippen MR) is 75.8 cm³/mol. The second-order valence-corrected chi connectivity index (χ2v) is 5.11. The summed E-state index contributed by atoms with van der Waals surface area (Å²) in [6.07, 6.45) is 0.150. The summed E-state index contributed by atoms with van der Waals surface area (Å²) in [6.45, 7) is 0.288. The fourth-order valence-electron chi connectivity index (χ4n) is 2.57. The van der Waals surface area contributed by atoms with E-state index in [1.54, 1.807) is 12.1 Å². The number of imide groups is 1. The molecule has 1 heterocycles. The van der Waals surface area contributed by atoms with E-state index in [4.69, 9.17) is 0 Å². The van der Waals surface area contributed by atoms with Crippen molar-refractivity contribution in [2.45, 2.75) is 18.9 Å². The van der Waals surface area contributed by atoms with Crippen LogP contribution in [0.2, 0.25) is 0 Å². The van der Waals surface area contributed by atoms with Gasteiger partial charge in [0.25, 0.3) is 0 Å². The van der Waals surface area contributed by atoms with E-state index in [0.717, 1.165) is 5.56 Å². The molecule has 1 aliphatic rings. The minimum atomic E-state index is -0.498. The molecule has 1 aliphatic heterocycles. The van der Waals surface area contributed by atoms with Crippen LogP contribution >= 0.6 is 0 Å². The predicted octanol–water partition coefficient (Wildman–Crippen LogP) is 2.87. The SMILES string of the molecule is O=C1C[C@@H](c2ccc(F)cc2)C(=O)N1Cc1ccccc1. The van der Waals surface area contributed by atoms with Gasteiger partial charge in [-0.3, -0.25) is 14.5 Å². The summed E-state index contributed by atoms with van der Waals surface area (Å²) in [6, 6.07) is 15.2. The molecular formula is C17H14FNO2. The van der Waals surface area contributed by atoms with Crippen molar-refractivity contribution in [1.82, 2.24) is 4.90 Å². The van der Waals surface area contributed by atoms with Crippen LogP contribution < -0.4 is 0 Å². The molecule has 2 amide bonds. The van der Waals surface area contributed by atoms with E-state index in [9.17, 15) is 14.0 Å². The zero-order chi connectivity index (χ0) is 14.8. The van der Waals surface area contributed by atoms with Gasteiger partial charge in [-0.2, -0.15) is 0 Å². The quantitative estimate of drug-likeness (QED) is 0.812. The molecule has 3 nitrogen and oxygen atoms in total. The fourth-order valence-corrected chi connectivity index (χ4v) is 2.57. The van der Waals surface area contributed by atoms with E-state index in [2.05, 4.69) is 0 Å². The molecule has 4 heteroatoms. The van der Waals surface area contributed by atoms with Crippen LogP contribution in [0, 0.1) is 5.82 Å². The van der Waals surface area contributed by atoms with Gasteiger partial charge in [0.2, 0.25) is 11.8 Å². The summed E-state index contributed by atoms with van der Waals surface area (Å²) in [5, 5.41) is 0. The molecule has 0 spiro atoms. The second-order valence-electron chi connectivity index (χ2n) is 5.11. The van der Waals surface area contributed by atoms with Crippen LogP contribution in [0.3, 0.4) is 0 Å². The Labute approximate surface area is 122 Å². The van der Waals surface area contributed by atoms with Crippen molar-refractivity contribution in [1.29, 1.82) is 0 Å². The lowest BCUT2D eigenvalue weighted by Crippen LogP contribution is -2.29. The Morgan fingerprint density at radius 2 is 1.67 bits per heavy atom. The maximum atomic E-state index is 12.9. The highest BCUT2D eigenvalue weighted by Gasteiger charge is 2.39. The van der Waals surface area contributed by atoms with Gasteiger partial charge in [-0.25, -0.2) is 4.39 Å². The van der Waals surface area contributed by atoms with Crippen molar-refractivity contribution in [2.24, 2.45) is 0 Å². The highest BCUT2D eigenvalue weighted by Crippen LogP contribution is 2.30. The lowest BCUT2D eigenvalue weighted by Gasteiger charge is -2.15. The van der Waals surface area contributed by atoms with Crippen LogP contribution in [0.1, 0.15) is 23.5 Å². The Balaban J connectivity index is 1.80. The van der Waals surface area contributed by atoms with E-state index in [1.807, 2.05) is 30.3 Å². The van der Waals surface area contributed by atoms with Crippen molar-refractivity contribution in [3.63, 3.8) is 0 Å². The normalized spacial score (nSPS) is 18.3. The van der Waals surface area contributed by atoms with E-state index >= 15 is 0 Å². The molecule has 0 aliphatic carbocycles. The van der Waals surface area contributed by atoms with Crippen LogP contribution in [-0.2, 0) is 16.1 Å². The third kappa shape index (κ3) is 2.70. The minimum absolute atomic E-state index is 0.150. The van der Waals surface area contributed by atoms with E-state index in [-0.39, 0.29) is 30.6 Å². The number of rotatable bonds is 3. The number of hydrogen-bond donors (Lipinski definition) is 0. The van der Waals surface area contributed by atoms with Gasteiger partial charge in [0.05, 0.1) is 12.5 Å². The Hall–Kier alpha value is -2.49. The summed E-state index contributed by atoms with van der Waals surface area (Å²) in [5.74, 6) is -1.24. The lowest BCUT2D eigenvalue weighted by atomic mass is 9.98. The minimum Gasteiger partial charge on any atom is -0.278 e. The molecule has 2 aromatic rings. The van der Waals surface area contributed by atoms with Gasteiger partial charge in [-0.15, -0.1) is 0 Å². The maximum Gasteiger partial charge on any atom is 0.237 e. The number of likely N-dealkylation sites (tertiary alicyclic amines) is 1. The van der Waals surface area contributed by atoms with Gasteiger partial charge < -0.3 is 0 Å². The number of halogens is 1. The van der Waals surface area contributed by atoms with Gasteiger partial charge in [-0.1, -0.05) is 42.5 Å². The molecule has 21 heavy (non-hydrogen) atoms. The molecule has 0 aromatic heterocycles. The summed E-state index contributed by atoms with van der Waals surface area (Å²) in [7, 11) is 0. The van der Waals surface area contributed by atoms with E-state index < -0.39 is 5.92 Å². The largest absolute Gasteiger partial charge is 0.278 e. The smallest absolute Gasteiger partial charge is 0.237 e. The van der Waals surface area contributed by atoms with Crippen LogP contribution in [0.5, 0.6) is 0 Å². The zero-order valence-electron chi connectivity index (χ0n) is 11.3. The van der Waals surface area contributed by atoms with Crippen molar-refractivity contribution in [3.05, 3.63) is 71.5 Å². The first-order valence-electron chi connectivity index (χ1n) is 6.79. The molecule has 0 N–H and O–H groups in total. The third-order valence-corrected chi connectivity index (χ3v) is 3.70. The van der Waals surface area contributed by atoms with Crippen LogP contribution in [0.15, 0.2) is 54.6 Å². The average Bonchev–Trinajstić information content (AvgIpc) is 2.77. The van der Waals surface area contributed by atoms with E-state index in [0.29, 0.717) is 5.56 Å². The van der Waals surface area contributed by atoms with Gasteiger partial charge in [0.1, 0.15) is 5.82 Å². The highest BCUT2D eigenvalue weighted by atomic mass is 19.1. The summed E-state index contributed by atoms with van der Waals surface area (Å²) in [5.41, 5.74) is 1.60. The van der Waals surface area contributed by atoms with Crippen LogP contribution in [0.25, 0.3) is 0 Å². The molecule has 3 rings (SSSR count). The molecular weight excluding hydrogens is 269 g/mol. The van der Waals surface area contributed by atoms with Gasteiger partial charge in [-0.05, 0) is 23.3 Å². The van der Waals surface area contributed by atoms with Crippen LogP contribution in [-0.4, -0.2) is 16.7 Å². The van der Waals surface area contributed by atoms with Crippen molar-refractivity contribution in [2.75, 3.05) is 0 Å². The number of amides is 2. The van der Waals surface area contributed by atoms with Gasteiger partial charge >= 0.3 is 0 Å². The number of nitrogens with zero attached hydrogens (tertiary/aromatic N) is 1. The average molecular weight is 283 g/mol. The van der Waals surface area contributed by atoms with Crippen molar-refractivity contribution in [3.8, 4) is 0 Å². The first-order chi connectivity index (χ1) is 10.1. The molecule has 1 fully saturated rings. The molecule has 0 bridgehead atoms. The second kappa shape index (κ2) is 5.48. The number of carbonyl (C=O) groups is 2. The Bertz CT molecular complexity index is 667. The standard InChI is InChI=1S/C17H14FNO2/c18-14-8-6-13(7-9-14)15-10-16(20)19(17(15)21)11-12-4-2-1-3-5-12/h1-9,15H,10-11H2/t15-/m0/s1. The van der Waals surface area contributed by atoms with Crippen molar-refractivity contribution < 1.29 is 14.0 Å². The number of benzene rings is 2. The Morgan fingerprint density at radius 3 is 2.33 bits per heavy atom. The molecule has 1 atom stereocenters. The topological polar surface area (TPSA) is 37.4 Å². The number of carbonyl (C=O) groups excluding carboxylic acids is 2. The monoisotopic (exact) mass is 283 g/mol. The first-order valence-corrected chi connectivity index (χ1v) is 6.79. The van der Waals surface area contributed by atoms with Gasteiger partial charge in [0.15, 0.2) is 0 Å². The Kier molecular flexibility index (Phi) is 3.52. The Morgan fingerprint density at radius 1 is 1.00 bits per heavy atom. The molecule has 0 radical (unpaired) electrons. The first kappa shape index (κ1) is 13.5. The molecule has 0 unspecified atom stereocenters. The third-order valence-electron chi connectivity index (χ3n) is 3.70. The molecule has 1 saturated heterocycles. The zero-order valence-corrected chi connectivity index (χ0v) is 11.3. The van der Waals surface area contributed by atoms with Crippen molar-refractivity contribution >= 4 is 11.8 Å². The lowest BCUT2D eigenvalue weighted by molar-refractivity contribution is -0.139. The maximum absolute atomic E-state index is 12.9. The highest BCUT2D eigenvalue weighted by molar-refractivity contribution is 6.06. The molecule has 2 aromatic carbocycles. The summed E-state index contributed by atoms with van der Waals surface area (Å²) in [4.78, 5) is 25.8.